The average Bonchev–Trinajstić information content (AvgIpc) is 3.08. The Morgan fingerprint density at radius 3 is 2.78 bits per heavy atom. The molecule has 2 rings (SSSR count). The van der Waals surface area contributed by atoms with Gasteiger partial charge in [-0.1, -0.05) is 18.2 Å². The zero-order chi connectivity index (χ0) is 16.7. The standard InChI is InChI=1S/C18H25NO3S/c1-14(18-8-5-9-23-18)19(2)11-16(20)13-22-12-15-6-4-7-17(10-15)21-3/h4-10,14,16,20H,11-13H2,1-3H3. The summed E-state index contributed by atoms with van der Waals surface area (Å²) >= 11 is 1.74. The van der Waals surface area contributed by atoms with Gasteiger partial charge < -0.3 is 14.6 Å². The molecular weight excluding hydrogens is 310 g/mol. The Balaban J connectivity index is 1.73. The van der Waals surface area contributed by atoms with E-state index in [1.165, 1.54) is 4.88 Å². The van der Waals surface area contributed by atoms with Crippen LogP contribution in [0.2, 0.25) is 0 Å². The predicted molar refractivity (Wildman–Crippen MR) is 94.0 cm³/mol. The van der Waals surface area contributed by atoms with Gasteiger partial charge >= 0.3 is 0 Å². The van der Waals surface area contributed by atoms with E-state index in [4.69, 9.17) is 9.47 Å². The molecular formula is C18H25NO3S. The molecule has 5 heteroatoms. The van der Waals surface area contributed by atoms with Gasteiger partial charge in [-0.15, -0.1) is 11.3 Å². The smallest absolute Gasteiger partial charge is 0.119 e. The van der Waals surface area contributed by atoms with Crippen molar-refractivity contribution < 1.29 is 14.6 Å². The largest absolute Gasteiger partial charge is 0.497 e. The van der Waals surface area contributed by atoms with Crippen LogP contribution in [0.1, 0.15) is 23.4 Å². The number of likely N-dealkylation sites (N-methyl/N-ethyl adjacent to an activating group) is 1. The van der Waals surface area contributed by atoms with Gasteiger partial charge in [0.1, 0.15) is 5.75 Å². The number of ether oxygens (including phenoxy) is 2. The van der Waals surface area contributed by atoms with Crippen molar-refractivity contribution in [3.05, 3.63) is 52.2 Å². The summed E-state index contributed by atoms with van der Waals surface area (Å²) in [6.45, 7) is 3.52. The Hall–Kier alpha value is -1.40. The van der Waals surface area contributed by atoms with Gasteiger partial charge in [0.2, 0.25) is 0 Å². The fraction of sp³-hybridized carbons (Fsp3) is 0.444. The average molecular weight is 335 g/mol. The highest BCUT2D eigenvalue weighted by molar-refractivity contribution is 7.10. The topological polar surface area (TPSA) is 41.9 Å². The monoisotopic (exact) mass is 335 g/mol. The van der Waals surface area contributed by atoms with Crippen molar-refractivity contribution in [2.45, 2.75) is 25.7 Å². The summed E-state index contributed by atoms with van der Waals surface area (Å²) < 4.78 is 10.8. The number of benzene rings is 1. The van der Waals surface area contributed by atoms with E-state index >= 15 is 0 Å². The molecule has 0 aliphatic heterocycles. The van der Waals surface area contributed by atoms with Crippen LogP contribution in [-0.4, -0.2) is 43.4 Å². The lowest BCUT2D eigenvalue weighted by atomic mass is 10.2. The van der Waals surface area contributed by atoms with E-state index in [1.54, 1.807) is 18.4 Å². The summed E-state index contributed by atoms with van der Waals surface area (Å²) in [5, 5.41) is 12.2. The van der Waals surface area contributed by atoms with Crippen LogP contribution in [0.25, 0.3) is 0 Å². The highest BCUT2D eigenvalue weighted by atomic mass is 32.1. The molecule has 2 unspecified atom stereocenters. The number of rotatable bonds is 9. The molecule has 0 aliphatic rings. The summed E-state index contributed by atoms with van der Waals surface area (Å²) in [6.07, 6.45) is -0.506. The fourth-order valence-electron chi connectivity index (χ4n) is 2.36. The minimum absolute atomic E-state index is 0.294. The molecule has 0 aliphatic carbocycles. The van der Waals surface area contributed by atoms with Crippen LogP contribution in [0.5, 0.6) is 5.75 Å². The van der Waals surface area contributed by atoms with Crippen LogP contribution >= 0.6 is 11.3 Å². The summed E-state index contributed by atoms with van der Waals surface area (Å²) in [4.78, 5) is 3.45. The van der Waals surface area contributed by atoms with Crippen LogP contribution in [0.3, 0.4) is 0 Å². The first-order valence-electron chi connectivity index (χ1n) is 7.72. The second-order valence-electron chi connectivity index (χ2n) is 5.65. The first kappa shape index (κ1) is 17.9. The summed E-state index contributed by atoms with van der Waals surface area (Å²) in [6, 6.07) is 12.2. The van der Waals surface area contributed by atoms with Crippen LogP contribution in [0.4, 0.5) is 0 Å². The molecule has 1 aromatic carbocycles. The van der Waals surface area contributed by atoms with Crippen molar-refractivity contribution in [2.24, 2.45) is 0 Å². The number of nitrogens with zero attached hydrogens (tertiary/aromatic N) is 1. The maximum atomic E-state index is 10.2. The molecule has 2 atom stereocenters. The van der Waals surface area contributed by atoms with Crippen molar-refractivity contribution in [3.8, 4) is 5.75 Å². The van der Waals surface area contributed by atoms with Gasteiger partial charge in [-0.2, -0.15) is 0 Å². The lowest BCUT2D eigenvalue weighted by Gasteiger charge is -2.26. The van der Waals surface area contributed by atoms with Gasteiger partial charge in [0.05, 0.1) is 26.4 Å². The minimum atomic E-state index is -0.506. The van der Waals surface area contributed by atoms with E-state index in [9.17, 15) is 5.11 Å². The number of aliphatic hydroxyl groups excluding tert-OH is 1. The van der Waals surface area contributed by atoms with E-state index in [-0.39, 0.29) is 0 Å². The molecule has 4 nitrogen and oxygen atoms in total. The highest BCUT2D eigenvalue weighted by Gasteiger charge is 2.16. The SMILES string of the molecule is COc1cccc(COCC(O)CN(C)C(C)c2cccs2)c1. The lowest BCUT2D eigenvalue weighted by Crippen LogP contribution is -2.33. The Morgan fingerprint density at radius 2 is 2.09 bits per heavy atom. The third-order valence-corrected chi connectivity index (χ3v) is 4.87. The lowest BCUT2D eigenvalue weighted by molar-refractivity contribution is 0.00870. The predicted octanol–water partition coefficient (Wildman–Crippen LogP) is 3.33. The van der Waals surface area contributed by atoms with E-state index in [0.29, 0.717) is 25.8 Å². The summed E-state index contributed by atoms with van der Waals surface area (Å²) in [7, 11) is 3.67. The van der Waals surface area contributed by atoms with E-state index in [0.717, 1.165) is 11.3 Å². The normalized spacial score (nSPS) is 14.0. The molecule has 0 fully saturated rings. The van der Waals surface area contributed by atoms with Gasteiger partial charge in [-0.3, -0.25) is 4.90 Å². The van der Waals surface area contributed by atoms with E-state index in [1.807, 2.05) is 31.3 Å². The molecule has 126 valence electrons. The van der Waals surface area contributed by atoms with Crippen LogP contribution in [0, 0.1) is 0 Å². The third kappa shape index (κ3) is 5.62. The highest BCUT2D eigenvalue weighted by Crippen LogP contribution is 2.23. The number of aliphatic hydroxyl groups is 1. The fourth-order valence-corrected chi connectivity index (χ4v) is 3.21. The molecule has 1 aromatic heterocycles. The van der Waals surface area contributed by atoms with Crippen LogP contribution in [-0.2, 0) is 11.3 Å². The molecule has 1 heterocycles. The molecule has 23 heavy (non-hydrogen) atoms. The summed E-state index contributed by atoms with van der Waals surface area (Å²) in [5.41, 5.74) is 1.04. The minimum Gasteiger partial charge on any atom is -0.497 e. The van der Waals surface area contributed by atoms with Crippen molar-refractivity contribution in [1.82, 2.24) is 4.90 Å². The molecule has 1 N–H and O–H groups in total. The maximum absolute atomic E-state index is 10.2. The first-order valence-corrected chi connectivity index (χ1v) is 8.60. The zero-order valence-corrected chi connectivity index (χ0v) is 14.8. The maximum Gasteiger partial charge on any atom is 0.119 e. The van der Waals surface area contributed by atoms with Gasteiger partial charge in [0.25, 0.3) is 0 Å². The molecule has 0 amide bonds. The van der Waals surface area contributed by atoms with Crippen LogP contribution < -0.4 is 4.74 Å². The Labute approximate surface area is 142 Å². The van der Waals surface area contributed by atoms with E-state index < -0.39 is 6.10 Å². The van der Waals surface area contributed by atoms with Crippen molar-refractivity contribution in [3.63, 3.8) is 0 Å². The summed E-state index contributed by atoms with van der Waals surface area (Å²) in [5.74, 6) is 0.816. The quantitative estimate of drug-likeness (QED) is 0.763. The zero-order valence-electron chi connectivity index (χ0n) is 13.9. The molecule has 0 spiro atoms. The van der Waals surface area contributed by atoms with Gasteiger partial charge in [-0.05, 0) is 43.1 Å². The third-order valence-electron chi connectivity index (χ3n) is 3.83. The Morgan fingerprint density at radius 1 is 1.26 bits per heavy atom. The van der Waals surface area contributed by atoms with Crippen molar-refractivity contribution in [2.75, 3.05) is 27.3 Å². The second kappa shape index (κ2) is 9.03. The van der Waals surface area contributed by atoms with Crippen molar-refractivity contribution >= 4 is 11.3 Å². The molecule has 0 saturated carbocycles. The molecule has 0 bridgehead atoms. The molecule has 0 radical (unpaired) electrons. The Bertz CT molecular complexity index is 573. The number of methoxy groups -OCH3 is 1. The Kier molecular flexibility index (Phi) is 7.05. The van der Waals surface area contributed by atoms with E-state index in [2.05, 4.69) is 29.3 Å². The number of hydrogen-bond acceptors (Lipinski definition) is 5. The van der Waals surface area contributed by atoms with Gasteiger partial charge in [-0.25, -0.2) is 0 Å². The van der Waals surface area contributed by atoms with Crippen LogP contribution in [0.15, 0.2) is 41.8 Å². The number of thiophene rings is 1. The van der Waals surface area contributed by atoms with Gasteiger partial charge in [0, 0.05) is 17.5 Å². The molecule has 0 saturated heterocycles. The number of hydrogen-bond donors (Lipinski definition) is 1. The van der Waals surface area contributed by atoms with Gasteiger partial charge in [0.15, 0.2) is 0 Å². The van der Waals surface area contributed by atoms with Crippen molar-refractivity contribution in [1.29, 1.82) is 0 Å². The molecule has 2 aromatic rings. The second-order valence-corrected chi connectivity index (χ2v) is 6.63. The first-order chi connectivity index (χ1) is 11.1.